The Morgan fingerprint density at radius 1 is 1.30 bits per heavy atom. The zero-order valence-electron chi connectivity index (χ0n) is 10.7. The molecule has 0 aliphatic carbocycles. The van der Waals surface area contributed by atoms with E-state index in [-0.39, 0.29) is 5.82 Å². The van der Waals surface area contributed by atoms with Gasteiger partial charge in [0.25, 0.3) is 0 Å². The van der Waals surface area contributed by atoms with Crippen LogP contribution in [0.15, 0.2) is 42.6 Å². The predicted octanol–water partition coefficient (Wildman–Crippen LogP) is 3.86. The van der Waals surface area contributed by atoms with Gasteiger partial charge in [0.1, 0.15) is 11.5 Å². The molecule has 2 heterocycles. The van der Waals surface area contributed by atoms with Gasteiger partial charge in [-0.1, -0.05) is 6.07 Å². The van der Waals surface area contributed by atoms with E-state index in [2.05, 4.69) is 5.10 Å². The van der Waals surface area contributed by atoms with Gasteiger partial charge in [-0.15, -0.1) is 11.3 Å². The molecular weight excluding hydrogens is 275 g/mol. The topological polar surface area (TPSA) is 34.9 Å². The molecule has 0 atom stereocenters. The van der Waals surface area contributed by atoms with Crippen molar-refractivity contribution in [2.75, 3.05) is 0 Å². The highest BCUT2D eigenvalue weighted by Gasteiger charge is 2.13. The van der Waals surface area contributed by atoms with E-state index >= 15 is 0 Å². The molecule has 20 heavy (non-hydrogen) atoms. The number of hydrogen-bond acceptors (Lipinski definition) is 3. The SMILES string of the molecule is Cc1ccc(-c2nn(-c3cccc(F)c3)cc2C=O)s1. The maximum absolute atomic E-state index is 13.3. The lowest BCUT2D eigenvalue weighted by Gasteiger charge is -2.00. The van der Waals surface area contributed by atoms with E-state index < -0.39 is 0 Å². The average Bonchev–Trinajstić information content (AvgIpc) is 3.04. The number of halogens is 1. The molecule has 3 rings (SSSR count). The minimum Gasteiger partial charge on any atom is -0.298 e. The summed E-state index contributed by atoms with van der Waals surface area (Å²) in [7, 11) is 0. The molecule has 1 aromatic carbocycles. The summed E-state index contributed by atoms with van der Waals surface area (Å²) in [6, 6.07) is 10.0. The fraction of sp³-hybridized carbons (Fsp3) is 0.0667. The standard InChI is InChI=1S/C15H11FN2OS/c1-10-5-6-14(20-10)15-11(9-19)8-18(17-15)13-4-2-3-12(16)7-13/h2-9H,1H3. The Hall–Kier alpha value is -2.27. The monoisotopic (exact) mass is 286 g/mol. The zero-order valence-corrected chi connectivity index (χ0v) is 11.5. The molecule has 3 aromatic rings. The van der Waals surface area contributed by atoms with Gasteiger partial charge in [0.2, 0.25) is 0 Å². The predicted molar refractivity (Wildman–Crippen MR) is 77.0 cm³/mol. The van der Waals surface area contributed by atoms with Crippen LogP contribution in [0.3, 0.4) is 0 Å². The lowest BCUT2D eigenvalue weighted by Crippen LogP contribution is -1.95. The second kappa shape index (κ2) is 5.02. The average molecular weight is 286 g/mol. The van der Waals surface area contributed by atoms with Crippen molar-refractivity contribution in [2.24, 2.45) is 0 Å². The molecule has 0 amide bonds. The van der Waals surface area contributed by atoms with E-state index in [0.717, 1.165) is 16.0 Å². The Labute approximate surface area is 119 Å². The van der Waals surface area contributed by atoms with E-state index in [1.165, 1.54) is 16.8 Å². The van der Waals surface area contributed by atoms with Crippen LogP contribution in [-0.4, -0.2) is 16.1 Å². The third kappa shape index (κ3) is 2.28. The van der Waals surface area contributed by atoms with Crippen LogP contribution in [0.2, 0.25) is 0 Å². The van der Waals surface area contributed by atoms with Crippen LogP contribution in [0.25, 0.3) is 16.3 Å². The molecule has 3 nitrogen and oxygen atoms in total. The van der Waals surface area contributed by atoms with Gasteiger partial charge in [-0.3, -0.25) is 4.79 Å². The van der Waals surface area contributed by atoms with E-state index in [0.29, 0.717) is 16.9 Å². The molecule has 0 bridgehead atoms. The molecule has 0 radical (unpaired) electrons. The Bertz CT molecular complexity index is 776. The highest BCUT2D eigenvalue weighted by atomic mass is 32.1. The molecule has 0 aliphatic heterocycles. The lowest BCUT2D eigenvalue weighted by atomic mass is 10.2. The highest BCUT2D eigenvalue weighted by molar-refractivity contribution is 7.15. The van der Waals surface area contributed by atoms with Crippen molar-refractivity contribution in [1.29, 1.82) is 0 Å². The van der Waals surface area contributed by atoms with Crippen LogP contribution < -0.4 is 0 Å². The number of rotatable bonds is 3. The van der Waals surface area contributed by atoms with Crippen molar-refractivity contribution >= 4 is 17.6 Å². The van der Waals surface area contributed by atoms with E-state index in [1.807, 2.05) is 19.1 Å². The Morgan fingerprint density at radius 3 is 2.80 bits per heavy atom. The molecule has 0 N–H and O–H groups in total. The number of aryl methyl sites for hydroxylation is 1. The first-order valence-corrected chi connectivity index (χ1v) is 6.86. The zero-order chi connectivity index (χ0) is 14.1. The summed E-state index contributed by atoms with van der Waals surface area (Å²) in [6.45, 7) is 2.00. The summed E-state index contributed by atoms with van der Waals surface area (Å²) < 4.78 is 14.8. The van der Waals surface area contributed by atoms with Gasteiger partial charge >= 0.3 is 0 Å². The Balaban J connectivity index is 2.11. The number of carbonyl (C=O) groups excluding carboxylic acids is 1. The fourth-order valence-electron chi connectivity index (χ4n) is 1.98. The van der Waals surface area contributed by atoms with Crippen molar-refractivity contribution in [2.45, 2.75) is 6.92 Å². The van der Waals surface area contributed by atoms with Gasteiger partial charge in [0, 0.05) is 11.1 Å². The van der Waals surface area contributed by atoms with Crippen molar-refractivity contribution in [1.82, 2.24) is 9.78 Å². The van der Waals surface area contributed by atoms with Crippen molar-refractivity contribution in [3.8, 4) is 16.3 Å². The van der Waals surface area contributed by atoms with Gasteiger partial charge < -0.3 is 0 Å². The van der Waals surface area contributed by atoms with E-state index in [1.54, 1.807) is 29.7 Å². The third-order valence-corrected chi connectivity index (χ3v) is 3.92. The van der Waals surface area contributed by atoms with Gasteiger partial charge in [0.05, 0.1) is 16.1 Å². The van der Waals surface area contributed by atoms with Gasteiger partial charge in [-0.05, 0) is 37.3 Å². The quantitative estimate of drug-likeness (QED) is 0.685. The maximum atomic E-state index is 13.3. The van der Waals surface area contributed by atoms with Crippen molar-refractivity contribution in [3.63, 3.8) is 0 Å². The first-order valence-electron chi connectivity index (χ1n) is 6.05. The third-order valence-electron chi connectivity index (χ3n) is 2.92. The van der Waals surface area contributed by atoms with Crippen LogP contribution in [0.5, 0.6) is 0 Å². The summed E-state index contributed by atoms with van der Waals surface area (Å²) in [5, 5.41) is 4.41. The molecule has 0 spiro atoms. The number of thiophene rings is 1. The smallest absolute Gasteiger partial charge is 0.153 e. The van der Waals surface area contributed by atoms with Crippen LogP contribution in [0.4, 0.5) is 4.39 Å². The molecule has 0 saturated carbocycles. The first kappa shape index (κ1) is 12.7. The van der Waals surface area contributed by atoms with E-state index in [4.69, 9.17) is 0 Å². The highest BCUT2D eigenvalue weighted by Crippen LogP contribution is 2.29. The molecule has 5 heteroatoms. The minimum absolute atomic E-state index is 0.334. The summed E-state index contributed by atoms with van der Waals surface area (Å²) in [4.78, 5) is 13.3. The van der Waals surface area contributed by atoms with E-state index in [9.17, 15) is 9.18 Å². The second-order valence-corrected chi connectivity index (χ2v) is 5.67. The number of aldehydes is 1. The molecule has 0 fully saturated rings. The minimum atomic E-state index is -0.334. The fourth-order valence-corrected chi connectivity index (χ4v) is 2.85. The van der Waals surface area contributed by atoms with Gasteiger partial charge in [-0.2, -0.15) is 5.10 Å². The van der Waals surface area contributed by atoms with Crippen LogP contribution in [0, 0.1) is 12.7 Å². The molecule has 2 aromatic heterocycles. The van der Waals surface area contributed by atoms with Crippen molar-refractivity contribution < 1.29 is 9.18 Å². The molecular formula is C15H11FN2OS. The van der Waals surface area contributed by atoms with Crippen LogP contribution in [0.1, 0.15) is 15.2 Å². The summed E-state index contributed by atoms with van der Waals surface area (Å²) in [5.41, 5.74) is 1.71. The number of carbonyl (C=O) groups is 1. The second-order valence-electron chi connectivity index (χ2n) is 4.39. The van der Waals surface area contributed by atoms with Crippen LogP contribution in [-0.2, 0) is 0 Å². The molecule has 100 valence electrons. The Morgan fingerprint density at radius 2 is 2.15 bits per heavy atom. The summed E-state index contributed by atoms with van der Waals surface area (Å²) in [5.74, 6) is -0.334. The number of nitrogens with zero attached hydrogens (tertiary/aromatic N) is 2. The van der Waals surface area contributed by atoms with Crippen LogP contribution >= 0.6 is 11.3 Å². The number of benzene rings is 1. The summed E-state index contributed by atoms with van der Waals surface area (Å²) in [6.07, 6.45) is 2.39. The normalized spacial score (nSPS) is 10.7. The number of hydrogen-bond donors (Lipinski definition) is 0. The largest absolute Gasteiger partial charge is 0.298 e. The van der Waals surface area contributed by atoms with Gasteiger partial charge in [0.15, 0.2) is 6.29 Å². The lowest BCUT2D eigenvalue weighted by molar-refractivity contribution is 0.112. The molecule has 0 saturated heterocycles. The summed E-state index contributed by atoms with van der Waals surface area (Å²) >= 11 is 1.57. The molecule has 0 aliphatic rings. The maximum Gasteiger partial charge on any atom is 0.153 e. The van der Waals surface area contributed by atoms with Crippen molar-refractivity contribution in [3.05, 3.63) is 58.9 Å². The Kier molecular flexibility index (Phi) is 3.20. The van der Waals surface area contributed by atoms with Gasteiger partial charge in [-0.25, -0.2) is 9.07 Å². The first-order chi connectivity index (χ1) is 9.67. The molecule has 0 unspecified atom stereocenters. The number of aromatic nitrogens is 2.